The molecule has 1 aliphatic rings. The van der Waals surface area contributed by atoms with E-state index in [1.807, 2.05) is 12.1 Å². The van der Waals surface area contributed by atoms with E-state index < -0.39 is 12.0 Å². The Bertz CT molecular complexity index is 440. The van der Waals surface area contributed by atoms with Gasteiger partial charge < -0.3 is 15.7 Å². The Morgan fingerprint density at radius 2 is 2.16 bits per heavy atom. The first kappa shape index (κ1) is 14.0. The van der Waals surface area contributed by atoms with Crippen molar-refractivity contribution < 1.29 is 9.90 Å². The smallest absolute Gasteiger partial charge is 0.320 e. The number of carbonyl (C=O) groups is 1. The van der Waals surface area contributed by atoms with E-state index in [4.69, 9.17) is 10.8 Å². The number of carboxylic acid groups (broad SMARTS) is 1. The van der Waals surface area contributed by atoms with E-state index in [1.165, 1.54) is 18.4 Å². The number of rotatable bonds is 4. The van der Waals surface area contributed by atoms with Crippen LogP contribution in [0.25, 0.3) is 0 Å². The zero-order valence-corrected chi connectivity index (χ0v) is 11.4. The second kappa shape index (κ2) is 6.17. The molecule has 3 N–H and O–H groups in total. The highest BCUT2D eigenvalue weighted by molar-refractivity contribution is 5.73. The zero-order valence-electron chi connectivity index (χ0n) is 11.4. The van der Waals surface area contributed by atoms with Crippen molar-refractivity contribution in [2.24, 2.45) is 5.73 Å². The first-order valence-corrected chi connectivity index (χ1v) is 6.82. The molecule has 0 spiro atoms. The Balaban J connectivity index is 2.04. The lowest BCUT2D eigenvalue weighted by atomic mass is 9.88. The van der Waals surface area contributed by atoms with Crippen LogP contribution < -0.4 is 5.73 Å². The third kappa shape index (κ3) is 3.78. The highest BCUT2D eigenvalue weighted by Gasteiger charge is 2.19. The summed E-state index contributed by atoms with van der Waals surface area (Å²) in [6.45, 7) is 2.26. The summed E-state index contributed by atoms with van der Waals surface area (Å²) in [5.41, 5.74) is 7.93. The van der Waals surface area contributed by atoms with Crippen molar-refractivity contribution in [2.75, 3.05) is 20.1 Å². The number of nitrogens with two attached hydrogens (primary N) is 1. The number of piperidine rings is 1. The van der Waals surface area contributed by atoms with Gasteiger partial charge in [0.05, 0.1) is 0 Å². The second-order valence-electron chi connectivity index (χ2n) is 5.47. The fourth-order valence-corrected chi connectivity index (χ4v) is 2.66. The highest BCUT2D eigenvalue weighted by atomic mass is 16.4. The van der Waals surface area contributed by atoms with Crippen molar-refractivity contribution in [1.29, 1.82) is 0 Å². The van der Waals surface area contributed by atoms with Crippen LogP contribution in [0.5, 0.6) is 0 Å². The van der Waals surface area contributed by atoms with E-state index in [1.54, 1.807) is 0 Å². The number of likely N-dealkylation sites (tertiary alicyclic amines) is 1. The SMILES string of the molecule is CN1CCC(c2cccc(CC(N)C(=O)O)c2)CC1. The molecular formula is C15H22N2O2. The lowest BCUT2D eigenvalue weighted by Gasteiger charge is -2.29. The number of hydrogen-bond donors (Lipinski definition) is 2. The molecule has 2 rings (SSSR count). The average Bonchev–Trinajstić information content (AvgIpc) is 2.39. The Morgan fingerprint density at radius 3 is 2.79 bits per heavy atom. The van der Waals surface area contributed by atoms with Crippen molar-refractivity contribution >= 4 is 5.97 Å². The van der Waals surface area contributed by atoms with Gasteiger partial charge in [0.2, 0.25) is 0 Å². The summed E-state index contributed by atoms with van der Waals surface area (Å²) < 4.78 is 0. The molecule has 1 aromatic rings. The maximum absolute atomic E-state index is 10.8. The highest BCUT2D eigenvalue weighted by Crippen LogP contribution is 2.28. The maximum atomic E-state index is 10.8. The molecule has 0 amide bonds. The molecule has 0 aliphatic carbocycles. The number of carboxylic acids is 1. The van der Waals surface area contributed by atoms with Gasteiger partial charge in [0.25, 0.3) is 0 Å². The molecule has 1 aromatic carbocycles. The Hall–Kier alpha value is -1.39. The Kier molecular flexibility index (Phi) is 4.56. The lowest BCUT2D eigenvalue weighted by molar-refractivity contribution is -0.138. The normalized spacial score (nSPS) is 19.3. The first-order chi connectivity index (χ1) is 9.06. The van der Waals surface area contributed by atoms with E-state index in [0.29, 0.717) is 12.3 Å². The minimum absolute atomic E-state index is 0.399. The number of hydrogen-bond acceptors (Lipinski definition) is 3. The standard InChI is InChI=1S/C15H22N2O2/c1-17-7-5-12(6-8-17)13-4-2-3-11(9-13)10-14(16)15(18)19/h2-4,9,12,14H,5-8,10,16H2,1H3,(H,18,19). The molecule has 1 heterocycles. The van der Waals surface area contributed by atoms with Gasteiger partial charge in [0.1, 0.15) is 6.04 Å². The van der Waals surface area contributed by atoms with Crippen LogP contribution in [0.15, 0.2) is 24.3 Å². The van der Waals surface area contributed by atoms with Gasteiger partial charge in [0, 0.05) is 0 Å². The number of benzene rings is 1. The van der Waals surface area contributed by atoms with Gasteiger partial charge in [-0.25, -0.2) is 0 Å². The predicted molar refractivity (Wildman–Crippen MR) is 75.2 cm³/mol. The minimum atomic E-state index is -0.940. The first-order valence-electron chi connectivity index (χ1n) is 6.82. The van der Waals surface area contributed by atoms with Crippen LogP contribution in [0, 0.1) is 0 Å². The van der Waals surface area contributed by atoms with E-state index >= 15 is 0 Å². The fourth-order valence-electron chi connectivity index (χ4n) is 2.66. The molecular weight excluding hydrogens is 240 g/mol. The molecule has 1 fully saturated rings. The van der Waals surface area contributed by atoms with Gasteiger partial charge in [0.15, 0.2) is 0 Å². The molecule has 0 radical (unpaired) electrons. The van der Waals surface area contributed by atoms with Gasteiger partial charge in [-0.15, -0.1) is 0 Å². The van der Waals surface area contributed by atoms with Gasteiger partial charge in [-0.3, -0.25) is 4.79 Å². The quantitative estimate of drug-likeness (QED) is 0.862. The zero-order chi connectivity index (χ0) is 13.8. The van der Waals surface area contributed by atoms with Crippen LogP contribution in [-0.2, 0) is 11.2 Å². The van der Waals surface area contributed by atoms with Crippen LogP contribution in [0.1, 0.15) is 29.9 Å². The van der Waals surface area contributed by atoms with Crippen molar-refractivity contribution in [3.05, 3.63) is 35.4 Å². The Morgan fingerprint density at radius 1 is 1.47 bits per heavy atom. The molecule has 4 heteroatoms. The molecule has 19 heavy (non-hydrogen) atoms. The third-order valence-electron chi connectivity index (χ3n) is 3.91. The van der Waals surface area contributed by atoms with E-state index in [9.17, 15) is 4.79 Å². The van der Waals surface area contributed by atoms with Crippen molar-refractivity contribution in [1.82, 2.24) is 4.90 Å². The monoisotopic (exact) mass is 262 g/mol. The summed E-state index contributed by atoms with van der Waals surface area (Å²) in [6.07, 6.45) is 2.74. The largest absolute Gasteiger partial charge is 0.480 e. The summed E-state index contributed by atoms with van der Waals surface area (Å²) in [5, 5.41) is 8.86. The molecule has 0 saturated carbocycles. The Labute approximate surface area is 114 Å². The summed E-state index contributed by atoms with van der Waals surface area (Å²) in [4.78, 5) is 13.1. The molecule has 4 nitrogen and oxygen atoms in total. The van der Waals surface area contributed by atoms with Crippen LogP contribution in [-0.4, -0.2) is 42.2 Å². The molecule has 1 saturated heterocycles. The molecule has 1 aliphatic heterocycles. The molecule has 104 valence electrons. The molecule has 1 unspecified atom stereocenters. The van der Waals surface area contributed by atoms with E-state index in [0.717, 1.165) is 18.7 Å². The van der Waals surface area contributed by atoms with Crippen LogP contribution in [0.3, 0.4) is 0 Å². The van der Waals surface area contributed by atoms with Crippen molar-refractivity contribution in [3.63, 3.8) is 0 Å². The fraction of sp³-hybridized carbons (Fsp3) is 0.533. The van der Waals surface area contributed by atoms with Crippen LogP contribution in [0.2, 0.25) is 0 Å². The third-order valence-corrected chi connectivity index (χ3v) is 3.91. The van der Waals surface area contributed by atoms with E-state index in [2.05, 4.69) is 24.1 Å². The minimum Gasteiger partial charge on any atom is -0.480 e. The maximum Gasteiger partial charge on any atom is 0.320 e. The van der Waals surface area contributed by atoms with Crippen molar-refractivity contribution in [3.8, 4) is 0 Å². The number of aliphatic carboxylic acids is 1. The molecule has 1 atom stereocenters. The van der Waals surface area contributed by atoms with Crippen LogP contribution in [0.4, 0.5) is 0 Å². The average molecular weight is 262 g/mol. The van der Waals surface area contributed by atoms with Gasteiger partial charge in [-0.05, 0) is 56.4 Å². The summed E-state index contributed by atoms with van der Waals surface area (Å²) in [7, 11) is 2.15. The summed E-state index contributed by atoms with van der Waals surface area (Å²) in [6, 6.07) is 7.43. The van der Waals surface area contributed by atoms with Crippen molar-refractivity contribution in [2.45, 2.75) is 31.2 Å². The second-order valence-corrected chi connectivity index (χ2v) is 5.47. The summed E-state index contributed by atoms with van der Waals surface area (Å²) >= 11 is 0. The van der Waals surface area contributed by atoms with E-state index in [-0.39, 0.29) is 0 Å². The van der Waals surface area contributed by atoms with Crippen LogP contribution >= 0.6 is 0 Å². The molecule has 0 bridgehead atoms. The topological polar surface area (TPSA) is 66.6 Å². The van der Waals surface area contributed by atoms with Gasteiger partial charge in [-0.2, -0.15) is 0 Å². The predicted octanol–water partition coefficient (Wildman–Crippen LogP) is 1.45. The lowest BCUT2D eigenvalue weighted by Crippen LogP contribution is -2.32. The number of nitrogens with zero attached hydrogens (tertiary/aromatic N) is 1. The van der Waals surface area contributed by atoms with Gasteiger partial charge in [-0.1, -0.05) is 24.3 Å². The van der Waals surface area contributed by atoms with Gasteiger partial charge >= 0.3 is 5.97 Å². The molecule has 0 aromatic heterocycles. The summed E-state index contributed by atoms with van der Waals surface area (Å²) in [5.74, 6) is -0.345.